The molecule has 1 aromatic carbocycles. The third-order valence-electron chi connectivity index (χ3n) is 3.81. The molecule has 0 aliphatic heterocycles. The number of imidazole rings is 1. The number of para-hydroxylation sites is 1. The van der Waals surface area contributed by atoms with Crippen LogP contribution in [-0.4, -0.2) is 9.55 Å². The molecule has 0 atom stereocenters. The predicted molar refractivity (Wildman–Crippen MR) is 79.0 cm³/mol. The van der Waals surface area contributed by atoms with Gasteiger partial charge in [-0.15, -0.1) is 11.3 Å². The van der Waals surface area contributed by atoms with Crippen LogP contribution in [0.15, 0.2) is 42.0 Å². The van der Waals surface area contributed by atoms with Crippen LogP contribution in [0, 0.1) is 6.92 Å². The van der Waals surface area contributed by atoms with Gasteiger partial charge in [-0.1, -0.05) is 18.2 Å². The Hall–Kier alpha value is -1.87. The molecule has 0 unspecified atom stereocenters. The van der Waals surface area contributed by atoms with Crippen LogP contribution in [0.2, 0.25) is 0 Å². The van der Waals surface area contributed by atoms with Crippen LogP contribution in [-0.2, 0) is 12.8 Å². The molecule has 0 bridgehead atoms. The van der Waals surface area contributed by atoms with E-state index in [9.17, 15) is 0 Å². The maximum Gasteiger partial charge on any atom is 0.100 e. The third-order valence-corrected chi connectivity index (χ3v) is 4.79. The SMILES string of the molecule is Cc1ccccc1-n1cnc2c1-c1ccsc1CC2. The number of aromatic nitrogens is 2. The molecule has 4 rings (SSSR count). The van der Waals surface area contributed by atoms with Crippen LogP contribution in [0.5, 0.6) is 0 Å². The molecule has 1 aliphatic carbocycles. The molecule has 0 fully saturated rings. The largest absolute Gasteiger partial charge is 0.298 e. The Morgan fingerprint density at radius 3 is 2.95 bits per heavy atom. The number of hydrogen-bond donors (Lipinski definition) is 0. The van der Waals surface area contributed by atoms with Crippen LogP contribution in [0.1, 0.15) is 16.1 Å². The van der Waals surface area contributed by atoms with Gasteiger partial charge in [-0.2, -0.15) is 0 Å². The Kier molecular flexibility index (Phi) is 2.35. The molecule has 94 valence electrons. The fourth-order valence-corrected chi connectivity index (χ4v) is 3.73. The lowest BCUT2D eigenvalue weighted by molar-refractivity contribution is 0.922. The summed E-state index contributed by atoms with van der Waals surface area (Å²) in [5.41, 5.74) is 6.40. The van der Waals surface area contributed by atoms with Gasteiger partial charge in [0.15, 0.2) is 0 Å². The topological polar surface area (TPSA) is 17.8 Å². The first-order valence-electron chi connectivity index (χ1n) is 6.53. The van der Waals surface area contributed by atoms with E-state index in [0.717, 1.165) is 12.8 Å². The number of rotatable bonds is 1. The standard InChI is InChI=1S/C16H14N2S/c1-11-4-2-3-5-14(11)18-10-17-13-6-7-15-12(16(13)18)8-9-19-15/h2-5,8-10H,6-7H2,1H3. The van der Waals surface area contributed by atoms with Crippen molar-refractivity contribution in [3.8, 4) is 16.9 Å². The van der Waals surface area contributed by atoms with Gasteiger partial charge in [0, 0.05) is 10.4 Å². The van der Waals surface area contributed by atoms with E-state index < -0.39 is 0 Å². The zero-order valence-corrected chi connectivity index (χ0v) is 11.6. The highest BCUT2D eigenvalue weighted by atomic mass is 32.1. The second kappa shape index (κ2) is 4.07. The molecular weight excluding hydrogens is 252 g/mol. The molecule has 2 nitrogen and oxygen atoms in total. The van der Waals surface area contributed by atoms with Gasteiger partial charge < -0.3 is 0 Å². The number of fused-ring (bicyclic) bond motifs is 3. The van der Waals surface area contributed by atoms with Crippen molar-refractivity contribution < 1.29 is 0 Å². The quantitative estimate of drug-likeness (QED) is 0.651. The maximum absolute atomic E-state index is 4.62. The summed E-state index contributed by atoms with van der Waals surface area (Å²) < 4.78 is 2.25. The molecule has 2 heterocycles. The second-order valence-electron chi connectivity index (χ2n) is 4.95. The van der Waals surface area contributed by atoms with Gasteiger partial charge in [-0.3, -0.25) is 4.57 Å². The average Bonchev–Trinajstić information content (AvgIpc) is 3.04. The van der Waals surface area contributed by atoms with E-state index in [2.05, 4.69) is 52.2 Å². The van der Waals surface area contributed by atoms with E-state index >= 15 is 0 Å². The Morgan fingerprint density at radius 2 is 2.05 bits per heavy atom. The summed E-state index contributed by atoms with van der Waals surface area (Å²) in [6.07, 6.45) is 4.16. The minimum Gasteiger partial charge on any atom is -0.298 e. The summed E-state index contributed by atoms with van der Waals surface area (Å²) >= 11 is 1.86. The number of hydrogen-bond acceptors (Lipinski definition) is 2. The normalized spacial score (nSPS) is 13.1. The van der Waals surface area contributed by atoms with Gasteiger partial charge in [-0.05, 0) is 42.8 Å². The molecule has 0 saturated heterocycles. The third kappa shape index (κ3) is 1.58. The van der Waals surface area contributed by atoms with E-state index in [4.69, 9.17) is 0 Å². The van der Waals surface area contributed by atoms with Crippen molar-refractivity contribution in [2.24, 2.45) is 0 Å². The molecular formula is C16H14N2S. The fourth-order valence-electron chi connectivity index (χ4n) is 2.85. The first-order chi connectivity index (χ1) is 9.34. The van der Waals surface area contributed by atoms with Gasteiger partial charge >= 0.3 is 0 Å². The molecule has 0 N–H and O–H groups in total. The summed E-state index contributed by atoms with van der Waals surface area (Å²) in [5, 5.41) is 2.19. The highest BCUT2D eigenvalue weighted by molar-refractivity contribution is 7.10. The van der Waals surface area contributed by atoms with Crippen molar-refractivity contribution in [1.29, 1.82) is 0 Å². The Bertz CT molecular complexity index is 752. The van der Waals surface area contributed by atoms with E-state index in [0.29, 0.717) is 0 Å². The van der Waals surface area contributed by atoms with E-state index in [-0.39, 0.29) is 0 Å². The van der Waals surface area contributed by atoms with Crippen molar-refractivity contribution in [3.63, 3.8) is 0 Å². The van der Waals surface area contributed by atoms with Crippen LogP contribution in [0.4, 0.5) is 0 Å². The fraction of sp³-hybridized carbons (Fsp3) is 0.188. The smallest absolute Gasteiger partial charge is 0.100 e. The van der Waals surface area contributed by atoms with Crippen molar-refractivity contribution in [2.45, 2.75) is 19.8 Å². The Morgan fingerprint density at radius 1 is 1.16 bits per heavy atom. The van der Waals surface area contributed by atoms with Crippen LogP contribution in [0.25, 0.3) is 16.9 Å². The van der Waals surface area contributed by atoms with Gasteiger partial charge in [0.05, 0.1) is 17.1 Å². The van der Waals surface area contributed by atoms with Crippen molar-refractivity contribution in [3.05, 3.63) is 58.2 Å². The van der Waals surface area contributed by atoms with Crippen LogP contribution >= 0.6 is 11.3 Å². The Balaban J connectivity index is 1.99. The van der Waals surface area contributed by atoms with Crippen molar-refractivity contribution in [1.82, 2.24) is 9.55 Å². The van der Waals surface area contributed by atoms with Gasteiger partial charge in [0.25, 0.3) is 0 Å². The predicted octanol–water partition coefficient (Wildman–Crippen LogP) is 4.01. The first kappa shape index (κ1) is 11.0. The second-order valence-corrected chi connectivity index (χ2v) is 5.95. The molecule has 0 saturated carbocycles. The number of benzene rings is 1. The molecule has 3 aromatic rings. The minimum absolute atomic E-state index is 1.06. The summed E-state index contributed by atoms with van der Waals surface area (Å²) in [7, 11) is 0. The molecule has 3 heteroatoms. The van der Waals surface area contributed by atoms with Gasteiger partial charge in [-0.25, -0.2) is 4.98 Å². The highest BCUT2D eigenvalue weighted by Gasteiger charge is 2.22. The molecule has 19 heavy (non-hydrogen) atoms. The van der Waals surface area contributed by atoms with Gasteiger partial charge in [0.1, 0.15) is 6.33 Å². The van der Waals surface area contributed by atoms with Crippen LogP contribution in [0.3, 0.4) is 0 Å². The zero-order chi connectivity index (χ0) is 12.8. The Labute approximate surface area is 116 Å². The molecule has 0 spiro atoms. The average molecular weight is 266 g/mol. The summed E-state index contributed by atoms with van der Waals surface area (Å²) in [4.78, 5) is 6.11. The number of nitrogens with zero attached hydrogens (tertiary/aromatic N) is 2. The van der Waals surface area contributed by atoms with Crippen molar-refractivity contribution >= 4 is 11.3 Å². The molecule has 0 amide bonds. The maximum atomic E-state index is 4.62. The molecule has 2 aromatic heterocycles. The van der Waals surface area contributed by atoms with E-state index in [1.165, 1.54) is 33.1 Å². The number of aryl methyl sites for hydroxylation is 3. The molecule has 1 aliphatic rings. The van der Waals surface area contributed by atoms with Gasteiger partial charge in [0.2, 0.25) is 0 Å². The summed E-state index contributed by atoms with van der Waals surface area (Å²) in [6, 6.07) is 10.7. The summed E-state index contributed by atoms with van der Waals surface area (Å²) in [5.74, 6) is 0. The van der Waals surface area contributed by atoms with Crippen molar-refractivity contribution in [2.75, 3.05) is 0 Å². The molecule has 0 radical (unpaired) electrons. The van der Waals surface area contributed by atoms with E-state index in [1.807, 2.05) is 17.7 Å². The number of thiophene rings is 1. The lowest BCUT2D eigenvalue weighted by atomic mass is 9.99. The first-order valence-corrected chi connectivity index (χ1v) is 7.41. The summed E-state index contributed by atoms with van der Waals surface area (Å²) in [6.45, 7) is 2.15. The lowest BCUT2D eigenvalue weighted by Crippen LogP contribution is -2.05. The minimum atomic E-state index is 1.06. The van der Waals surface area contributed by atoms with E-state index in [1.54, 1.807) is 0 Å². The monoisotopic (exact) mass is 266 g/mol. The zero-order valence-electron chi connectivity index (χ0n) is 10.8. The highest BCUT2D eigenvalue weighted by Crippen LogP contribution is 2.37. The lowest BCUT2D eigenvalue weighted by Gasteiger charge is -2.16. The van der Waals surface area contributed by atoms with Crippen LogP contribution < -0.4 is 0 Å².